The Morgan fingerprint density at radius 2 is 2.00 bits per heavy atom. The van der Waals surface area contributed by atoms with Crippen molar-refractivity contribution in [2.45, 2.75) is 6.92 Å². The van der Waals surface area contributed by atoms with Gasteiger partial charge >= 0.3 is 0 Å². The zero-order valence-electron chi connectivity index (χ0n) is 9.30. The molecule has 0 bridgehead atoms. The summed E-state index contributed by atoms with van der Waals surface area (Å²) < 4.78 is 0.877. The molecule has 0 saturated heterocycles. The van der Waals surface area contributed by atoms with Gasteiger partial charge in [0.1, 0.15) is 0 Å². The van der Waals surface area contributed by atoms with Crippen LogP contribution < -0.4 is 11.1 Å². The van der Waals surface area contributed by atoms with Crippen molar-refractivity contribution in [1.29, 1.82) is 0 Å². The molecule has 0 radical (unpaired) electrons. The molecule has 2 rings (SSSR count). The standard InChI is InChI=1S/C13H12BrClN2/c1-8-3-2-4-12(13(8)16)17-9-5-6-10(14)11(15)7-9/h2-7,17H,16H2,1H3. The monoisotopic (exact) mass is 310 g/mol. The van der Waals surface area contributed by atoms with Crippen molar-refractivity contribution in [2.75, 3.05) is 11.1 Å². The SMILES string of the molecule is Cc1cccc(Nc2ccc(Br)c(Cl)c2)c1N. The van der Waals surface area contributed by atoms with Crippen molar-refractivity contribution < 1.29 is 0 Å². The minimum Gasteiger partial charge on any atom is -0.397 e. The lowest BCUT2D eigenvalue weighted by Gasteiger charge is -2.11. The number of nitrogen functional groups attached to an aromatic ring is 1. The molecule has 4 heteroatoms. The van der Waals surface area contributed by atoms with Crippen LogP contribution >= 0.6 is 27.5 Å². The van der Waals surface area contributed by atoms with Crippen LogP contribution in [0.1, 0.15) is 5.56 Å². The average molecular weight is 312 g/mol. The number of nitrogens with one attached hydrogen (secondary N) is 1. The third-order valence-corrected chi connectivity index (χ3v) is 3.76. The fourth-order valence-electron chi connectivity index (χ4n) is 1.52. The fourth-order valence-corrected chi connectivity index (χ4v) is 1.95. The highest BCUT2D eigenvalue weighted by molar-refractivity contribution is 9.10. The summed E-state index contributed by atoms with van der Waals surface area (Å²) in [4.78, 5) is 0. The Labute approximate surface area is 114 Å². The first kappa shape index (κ1) is 12.3. The van der Waals surface area contributed by atoms with Crippen molar-refractivity contribution in [1.82, 2.24) is 0 Å². The van der Waals surface area contributed by atoms with Crippen LogP contribution in [0.25, 0.3) is 0 Å². The van der Waals surface area contributed by atoms with Gasteiger partial charge in [-0.25, -0.2) is 0 Å². The van der Waals surface area contributed by atoms with E-state index in [0.717, 1.165) is 27.1 Å². The zero-order valence-corrected chi connectivity index (χ0v) is 11.6. The number of hydrogen-bond donors (Lipinski definition) is 2. The van der Waals surface area contributed by atoms with Crippen LogP contribution in [-0.2, 0) is 0 Å². The molecule has 17 heavy (non-hydrogen) atoms. The van der Waals surface area contributed by atoms with Gasteiger partial charge in [-0.15, -0.1) is 0 Å². The van der Waals surface area contributed by atoms with Gasteiger partial charge in [-0.2, -0.15) is 0 Å². The highest BCUT2D eigenvalue weighted by atomic mass is 79.9. The Bertz CT molecular complexity index is 555. The molecular weight excluding hydrogens is 300 g/mol. The molecule has 0 amide bonds. The first-order chi connectivity index (χ1) is 8.08. The number of halogens is 2. The van der Waals surface area contributed by atoms with Gasteiger partial charge in [0.15, 0.2) is 0 Å². The lowest BCUT2D eigenvalue weighted by Crippen LogP contribution is -1.98. The molecule has 0 aliphatic carbocycles. The topological polar surface area (TPSA) is 38.0 Å². The van der Waals surface area contributed by atoms with E-state index in [2.05, 4.69) is 21.2 Å². The third-order valence-electron chi connectivity index (χ3n) is 2.52. The van der Waals surface area contributed by atoms with Crippen LogP contribution in [-0.4, -0.2) is 0 Å². The lowest BCUT2D eigenvalue weighted by atomic mass is 10.1. The largest absolute Gasteiger partial charge is 0.397 e. The maximum absolute atomic E-state index is 6.03. The predicted molar refractivity (Wildman–Crippen MR) is 78.0 cm³/mol. The van der Waals surface area contributed by atoms with E-state index in [1.165, 1.54) is 0 Å². The molecule has 88 valence electrons. The maximum atomic E-state index is 6.03. The average Bonchev–Trinajstić information content (AvgIpc) is 2.30. The predicted octanol–water partition coefficient (Wildman–Crippen LogP) is 4.74. The van der Waals surface area contributed by atoms with Gasteiger partial charge in [0.05, 0.1) is 16.4 Å². The summed E-state index contributed by atoms with van der Waals surface area (Å²) in [6.45, 7) is 1.98. The van der Waals surface area contributed by atoms with Crippen molar-refractivity contribution in [3.8, 4) is 0 Å². The molecule has 0 atom stereocenters. The Morgan fingerprint density at radius 1 is 1.24 bits per heavy atom. The van der Waals surface area contributed by atoms with E-state index < -0.39 is 0 Å². The van der Waals surface area contributed by atoms with Crippen LogP contribution in [0, 0.1) is 6.92 Å². The summed E-state index contributed by atoms with van der Waals surface area (Å²) in [5.74, 6) is 0. The Morgan fingerprint density at radius 3 is 2.71 bits per heavy atom. The van der Waals surface area contributed by atoms with Crippen molar-refractivity contribution in [3.05, 3.63) is 51.5 Å². The molecule has 0 fully saturated rings. The number of rotatable bonds is 2. The van der Waals surface area contributed by atoms with Crippen molar-refractivity contribution in [3.63, 3.8) is 0 Å². The number of hydrogen-bond acceptors (Lipinski definition) is 2. The Kier molecular flexibility index (Phi) is 3.60. The van der Waals surface area contributed by atoms with E-state index in [1.807, 2.05) is 43.3 Å². The Balaban J connectivity index is 2.31. The molecule has 3 N–H and O–H groups in total. The molecule has 2 aromatic carbocycles. The van der Waals surface area contributed by atoms with E-state index in [-0.39, 0.29) is 0 Å². The van der Waals surface area contributed by atoms with Gasteiger partial charge < -0.3 is 11.1 Å². The van der Waals surface area contributed by atoms with Crippen LogP contribution in [0.4, 0.5) is 17.1 Å². The number of benzene rings is 2. The molecule has 0 heterocycles. The molecule has 0 aliphatic heterocycles. The first-order valence-corrected chi connectivity index (χ1v) is 6.32. The summed E-state index contributed by atoms with van der Waals surface area (Å²) in [5, 5.41) is 3.92. The van der Waals surface area contributed by atoms with E-state index in [4.69, 9.17) is 17.3 Å². The van der Waals surface area contributed by atoms with Gasteiger partial charge in [-0.3, -0.25) is 0 Å². The molecule has 0 aromatic heterocycles. The normalized spacial score (nSPS) is 10.3. The summed E-state index contributed by atoms with van der Waals surface area (Å²) in [6.07, 6.45) is 0. The summed E-state index contributed by atoms with van der Waals surface area (Å²) >= 11 is 9.39. The van der Waals surface area contributed by atoms with Gasteiger partial charge in [-0.1, -0.05) is 23.7 Å². The van der Waals surface area contributed by atoms with Gasteiger partial charge in [0, 0.05) is 10.2 Å². The maximum Gasteiger partial charge on any atom is 0.0620 e. The number of anilines is 3. The molecular formula is C13H12BrClN2. The second-order valence-corrected chi connectivity index (χ2v) is 5.05. The Hall–Kier alpha value is -1.19. The van der Waals surface area contributed by atoms with E-state index in [1.54, 1.807) is 0 Å². The highest BCUT2D eigenvalue weighted by Crippen LogP contribution is 2.30. The van der Waals surface area contributed by atoms with Crippen LogP contribution in [0.5, 0.6) is 0 Å². The van der Waals surface area contributed by atoms with E-state index >= 15 is 0 Å². The van der Waals surface area contributed by atoms with Gasteiger partial charge in [0.2, 0.25) is 0 Å². The third kappa shape index (κ3) is 2.73. The number of para-hydroxylation sites is 1. The second kappa shape index (κ2) is 4.98. The van der Waals surface area contributed by atoms with E-state index in [9.17, 15) is 0 Å². The molecule has 0 aliphatic rings. The fraction of sp³-hybridized carbons (Fsp3) is 0.0769. The van der Waals surface area contributed by atoms with Crippen molar-refractivity contribution >= 4 is 44.6 Å². The summed E-state index contributed by atoms with van der Waals surface area (Å²) in [7, 11) is 0. The lowest BCUT2D eigenvalue weighted by molar-refractivity contribution is 1.45. The number of nitrogens with two attached hydrogens (primary N) is 1. The van der Waals surface area contributed by atoms with Gasteiger partial charge in [-0.05, 0) is 52.7 Å². The minimum absolute atomic E-state index is 0.668. The molecule has 0 unspecified atom stereocenters. The van der Waals surface area contributed by atoms with E-state index in [0.29, 0.717) is 5.02 Å². The molecule has 0 spiro atoms. The molecule has 0 saturated carbocycles. The van der Waals surface area contributed by atoms with Crippen LogP contribution in [0.3, 0.4) is 0 Å². The minimum atomic E-state index is 0.668. The highest BCUT2D eigenvalue weighted by Gasteiger charge is 2.03. The van der Waals surface area contributed by atoms with Gasteiger partial charge in [0.25, 0.3) is 0 Å². The van der Waals surface area contributed by atoms with Crippen LogP contribution in [0.15, 0.2) is 40.9 Å². The zero-order chi connectivity index (χ0) is 12.4. The smallest absolute Gasteiger partial charge is 0.0620 e. The number of aryl methyl sites for hydroxylation is 1. The molecule has 2 aromatic rings. The summed E-state index contributed by atoms with van der Waals surface area (Å²) in [5.41, 5.74) is 9.61. The summed E-state index contributed by atoms with van der Waals surface area (Å²) in [6, 6.07) is 11.6. The quantitative estimate of drug-likeness (QED) is 0.786. The van der Waals surface area contributed by atoms with Crippen molar-refractivity contribution in [2.24, 2.45) is 0 Å². The first-order valence-electron chi connectivity index (χ1n) is 5.15. The second-order valence-electron chi connectivity index (χ2n) is 3.79. The van der Waals surface area contributed by atoms with Crippen LogP contribution in [0.2, 0.25) is 5.02 Å². The molecule has 2 nitrogen and oxygen atoms in total.